The number of hydrogen-bond acceptors (Lipinski definition) is 3. The van der Waals surface area contributed by atoms with E-state index in [1.165, 1.54) is 6.07 Å². The molecule has 1 aliphatic carbocycles. The molecule has 0 bridgehead atoms. The molecule has 2 N–H and O–H groups in total. The normalized spacial score (nSPS) is 17.5. The third-order valence-electron chi connectivity index (χ3n) is 6.75. The first-order valence-electron chi connectivity index (χ1n) is 11.2. The predicted molar refractivity (Wildman–Crippen MR) is 126 cm³/mol. The summed E-state index contributed by atoms with van der Waals surface area (Å²) in [6.45, 7) is 13.5. The summed E-state index contributed by atoms with van der Waals surface area (Å²) in [6, 6.07) is 7.96. The molecule has 1 aliphatic rings. The first-order chi connectivity index (χ1) is 14.6. The molecule has 3 rings (SSSR count). The van der Waals surface area contributed by atoms with Crippen molar-refractivity contribution in [3.8, 4) is 0 Å². The van der Waals surface area contributed by atoms with Gasteiger partial charge in [-0.1, -0.05) is 53.7 Å². The highest BCUT2D eigenvalue weighted by Gasteiger charge is 2.47. The molecule has 0 spiro atoms. The molecule has 0 saturated carbocycles. The Labute approximate surface area is 185 Å². The Kier molecular flexibility index (Phi) is 7.01. The maximum atomic E-state index is 14.6. The SMILES string of the molecule is CC(C)[Si](O[C@@H]1CCC(c2cccc(F)c2F)=C(N)c2cccnc21)(C(C)C)C(C)C. The van der Waals surface area contributed by atoms with Gasteiger partial charge in [-0.05, 0) is 53.2 Å². The Morgan fingerprint density at radius 2 is 1.58 bits per heavy atom. The number of rotatable bonds is 6. The maximum Gasteiger partial charge on any atom is 0.201 e. The van der Waals surface area contributed by atoms with Crippen LogP contribution in [-0.4, -0.2) is 13.3 Å². The van der Waals surface area contributed by atoms with Crippen molar-refractivity contribution in [2.24, 2.45) is 5.73 Å². The molecule has 0 aliphatic heterocycles. The highest BCUT2D eigenvalue weighted by Crippen LogP contribution is 2.48. The fourth-order valence-corrected chi connectivity index (χ4v) is 10.9. The van der Waals surface area contributed by atoms with Gasteiger partial charge in [-0.3, -0.25) is 4.98 Å². The van der Waals surface area contributed by atoms with Crippen molar-refractivity contribution in [2.75, 3.05) is 0 Å². The average molecular weight is 445 g/mol. The van der Waals surface area contributed by atoms with Gasteiger partial charge < -0.3 is 10.2 Å². The van der Waals surface area contributed by atoms with Gasteiger partial charge >= 0.3 is 0 Å². The fourth-order valence-electron chi connectivity index (χ4n) is 5.40. The van der Waals surface area contributed by atoms with E-state index in [9.17, 15) is 8.78 Å². The zero-order valence-electron chi connectivity index (χ0n) is 19.4. The molecule has 1 aromatic heterocycles. The molecular formula is C25H34F2N2OSi. The second-order valence-corrected chi connectivity index (χ2v) is 14.8. The van der Waals surface area contributed by atoms with Crippen LogP contribution in [0.25, 0.3) is 11.3 Å². The number of allylic oxidation sites excluding steroid dienone is 1. The molecule has 2 aromatic rings. The second kappa shape index (κ2) is 9.21. The van der Waals surface area contributed by atoms with Gasteiger partial charge in [-0.25, -0.2) is 8.78 Å². The summed E-state index contributed by atoms with van der Waals surface area (Å²) >= 11 is 0. The minimum atomic E-state index is -2.18. The molecule has 168 valence electrons. The van der Waals surface area contributed by atoms with Crippen molar-refractivity contribution in [2.45, 2.75) is 77.1 Å². The van der Waals surface area contributed by atoms with Gasteiger partial charge in [0.25, 0.3) is 0 Å². The summed E-state index contributed by atoms with van der Waals surface area (Å²) in [5.74, 6) is -1.73. The number of halogens is 2. The van der Waals surface area contributed by atoms with Gasteiger partial charge in [0.1, 0.15) is 0 Å². The molecule has 1 aromatic carbocycles. The van der Waals surface area contributed by atoms with Crippen LogP contribution >= 0.6 is 0 Å². The minimum Gasteiger partial charge on any atom is -0.408 e. The molecule has 0 saturated heterocycles. The summed E-state index contributed by atoms with van der Waals surface area (Å²) in [4.78, 5) is 4.66. The van der Waals surface area contributed by atoms with Crippen molar-refractivity contribution in [3.63, 3.8) is 0 Å². The third-order valence-corrected chi connectivity index (χ3v) is 12.9. The van der Waals surface area contributed by atoms with E-state index in [0.29, 0.717) is 40.7 Å². The van der Waals surface area contributed by atoms with E-state index < -0.39 is 20.0 Å². The zero-order valence-corrected chi connectivity index (χ0v) is 20.4. The van der Waals surface area contributed by atoms with Gasteiger partial charge in [0.2, 0.25) is 8.32 Å². The van der Waals surface area contributed by atoms with Crippen molar-refractivity contribution >= 4 is 19.6 Å². The zero-order chi connectivity index (χ0) is 22.9. The van der Waals surface area contributed by atoms with E-state index in [4.69, 9.17) is 10.2 Å². The number of nitrogens with zero attached hydrogens (tertiary/aromatic N) is 1. The van der Waals surface area contributed by atoms with Crippen LogP contribution < -0.4 is 5.73 Å². The van der Waals surface area contributed by atoms with Crippen LogP contribution in [-0.2, 0) is 4.43 Å². The van der Waals surface area contributed by atoms with Crippen LogP contribution in [0.5, 0.6) is 0 Å². The first-order valence-corrected chi connectivity index (χ1v) is 13.3. The number of nitrogens with two attached hydrogens (primary N) is 1. The third kappa shape index (κ3) is 4.20. The lowest BCUT2D eigenvalue weighted by atomic mass is 9.97. The van der Waals surface area contributed by atoms with Gasteiger partial charge in [0, 0.05) is 23.0 Å². The fraction of sp³-hybridized carbons (Fsp3) is 0.480. The highest BCUT2D eigenvalue weighted by molar-refractivity contribution is 6.77. The average Bonchev–Trinajstić information content (AvgIpc) is 2.84. The number of pyridine rings is 1. The molecule has 0 amide bonds. The van der Waals surface area contributed by atoms with Crippen LogP contribution in [0.3, 0.4) is 0 Å². The standard InChI is InChI=1S/C25H34F2N2OSi/c1-15(2)31(16(3)4,17(5)6)30-22-13-12-19(18-9-7-11-21(26)23(18)27)24(28)20-10-8-14-29-25(20)22/h7-11,14-17,22H,12-13,28H2,1-6H3/t22-/m1/s1. The van der Waals surface area contributed by atoms with Crippen LogP contribution in [0.4, 0.5) is 8.78 Å². The van der Waals surface area contributed by atoms with Crippen molar-refractivity contribution in [1.82, 2.24) is 4.98 Å². The van der Waals surface area contributed by atoms with Crippen LogP contribution in [0.1, 0.15) is 77.3 Å². The molecule has 1 atom stereocenters. The van der Waals surface area contributed by atoms with Gasteiger partial charge in [0.15, 0.2) is 11.6 Å². The maximum absolute atomic E-state index is 14.6. The molecule has 1 heterocycles. The number of benzene rings is 1. The Morgan fingerprint density at radius 1 is 0.968 bits per heavy atom. The summed E-state index contributed by atoms with van der Waals surface area (Å²) in [7, 11) is -2.18. The molecular weight excluding hydrogens is 410 g/mol. The molecule has 31 heavy (non-hydrogen) atoms. The second-order valence-electron chi connectivity index (χ2n) is 9.39. The van der Waals surface area contributed by atoms with E-state index in [1.807, 2.05) is 12.1 Å². The summed E-state index contributed by atoms with van der Waals surface area (Å²) < 4.78 is 35.7. The van der Waals surface area contributed by atoms with E-state index in [2.05, 4.69) is 46.5 Å². The molecule has 0 fully saturated rings. The van der Waals surface area contributed by atoms with Crippen molar-refractivity contribution in [3.05, 3.63) is 65.0 Å². The Hall–Kier alpha value is -2.05. The largest absolute Gasteiger partial charge is 0.408 e. The van der Waals surface area contributed by atoms with Crippen LogP contribution in [0, 0.1) is 11.6 Å². The van der Waals surface area contributed by atoms with Gasteiger partial charge in [0.05, 0.1) is 11.8 Å². The molecule has 3 nitrogen and oxygen atoms in total. The van der Waals surface area contributed by atoms with Crippen molar-refractivity contribution < 1.29 is 13.2 Å². The van der Waals surface area contributed by atoms with Crippen molar-refractivity contribution in [1.29, 1.82) is 0 Å². The number of fused-ring (bicyclic) bond motifs is 1. The lowest BCUT2D eigenvalue weighted by Crippen LogP contribution is -2.48. The van der Waals surface area contributed by atoms with Gasteiger partial charge in [-0.15, -0.1) is 0 Å². The highest BCUT2D eigenvalue weighted by atomic mass is 28.4. The van der Waals surface area contributed by atoms with E-state index in [0.717, 1.165) is 17.3 Å². The Bertz CT molecular complexity index is 950. The first kappa shape index (κ1) is 23.6. The van der Waals surface area contributed by atoms with Crippen LogP contribution in [0.2, 0.25) is 16.6 Å². The Morgan fingerprint density at radius 3 is 2.19 bits per heavy atom. The molecule has 0 unspecified atom stereocenters. The Balaban J connectivity index is 2.11. The lowest BCUT2D eigenvalue weighted by Gasteiger charge is -2.44. The smallest absolute Gasteiger partial charge is 0.201 e. The summed E-state index contributed by atoms with van der Waals surface area (Å²) in [5, 5.41) is 0. The molecule has 6 heteroatoms. The number of hydrogen-bond donors (Lipinski definition) is 1. The summed E-state index contributed by atoms with van der Waals surface area (Å²) in [6.07, 6.45) is 2.63. The van der Waals surface area contributed by atoms with E-state index >= 15 is 0 Å². The quantitative estimate of drug-likeness (QED) is 0.479. The minimum absolute atomic E-state index is 0.216. The number of aromatic nitrogens is 1. The lowest BCUT2D eigenvalue weighted by molar-refractivity contribution is 0.164. The molecule has 0 radical (unpaired) electrons. The topological polar surface area (TPSA) is 48.1 Å². The van der Waals surface area contributed by atoms with E-state index in [1.54, 1.807) is 12.3 Å². The predicted octanol–water partition coefficient (Wildman–Crippen LogP) is 7.21. The van der Waals surface area contributed by atoms with E-state index in [-0.39, 0.29) is 11.7 Å². The van der Waals surface area contributed by atoms with Crippen LogP contribution in [0.15, 0.2) is 36.5 Å². The van der Waals surface area contributed by atoms with Gasteiger partial charge in [-0.2, -0.15) is 0 Å². The summed E-state index contributed by atoms with van der Waals surface area (Å²) in [5.41, 5.74) is 10.7. The monoisotopic (exact) mass is 444 g/mol.